The van der Waals surface area contributed by atoms with E-state index in [-0.39, 0.29) is 11.3 Å². The molecule has 1 aromatic heterocycles. The van der Waals surface area contributed by atoms with E-state index >= 15 is 0 Å². The zero-order chi connectivity index (χ0) is 19.0. The summed E-state index contributed by atoms with van der Waals surface area (Å²) in [4.78, 5) is 2.42. The normalized spacial score (nSPS) is 21.6. The summed E-state index contributed by atoms with van der Waals surface area (Å²) in [5, 5.41) is 0.166. The lowest BCUT2D eigenvalue weighted by atomic mass is 9.80. The molecule has 0 bridgehead atoms. The summed E-state index contributed by atoms with van der Waals surface area (Å²) in [6.07, 6.45) is -2.10. The van der Waals surface area contributed by atoms with Crippen molar-refractivity contribution in [1.82, 2.24) is 4.90 Å². The summed E-state index contributed by atoms with van der Waals surface area (Å²) in [5.74, 6) is 0.542. The van der Waals surface area contributed by atoms with Crippen LogP contribution in [0.25, 0.3) is 11.0 Å². The van der Waals surface area contributed by atoms with Crippen LogP contribution < -0.4 is 0 Å². The summed E-state index contributed by atoms with van der Waals surface area (Å²) < 4.78 is 45.3. The Morgan fingerprint density at radius 2 is 1.85 bits per heavy atom. The van der Waals surface area contributed by atoms with Crippen molar-refractivity contribution in [2.24, 2.45) is 5.92 Å². The van der Waals surface area contributed by atoms with Crippen molar-refractivity contribution >= 4 is 11.0 Å². The van der Waals surface area contributed by atoms with Gasteiger partial charge in [0.25, 0.3) is 0 Å². The first-order valence-corrected chi connectivity index (χ1v) is 9.27. The van der Waals surface area contributed by atoms with E-state index in [1.807, 2.05) is 18.2 Å². The van der Waals surface area contributed by atoms with Crippen LogP contribution in [-0.4, -0.2) is 18.0 Å². The maximum Gasteiger partial charge on any atom is 0.417 e. The molecule has 2 aromatic carbocycles. The van der Waals surface area contributed by atoms with Crippen molar-refractivity contribution < 1.29 is 17.6 Å². The molecule has 1 aliphatic rings. The van der Waals surface area contributed by atoms with Gasteiger partial charge in [-0.15, -0.1) is 0 Å². The SMILES string of the molecule is CC1CN(Cc2ccccc2)CCC1c1ccc(C(F)(F)F)c2ccoc12. The molecule has 1 aliphatic heterocycles. The molecule has 2 heterocycles. The smallest absolute Gasteiger partial charge is 0.417 e. The Hall–Kier alpha value is -2.27. The van der Waals surface area contributed by atoms with Crippen molar-refractivity contribution in [3.8, 4) is 0 Å². The number of fused-ring (bicyclic) bond motifs is 1. The van der Waals surface area contributed by atoms with Gasteiger partial charge in [-0.05, 0) is 48.1 Å². The first-order valence-electron chi connectivity index (χ1n) is 9.27. The first-order chi connectivity index (χ1) is 12.9. The van der Waals surface area contributed by atoms with Crippen LogP contribution in [0.15, 0.2) is 59.2 Å². The van der Waals surface area contributed by atoms with Crippen LogP contribution in [0.2, 0.25) is 0 Å². The minimum Gasteiger partial charge on any atom is -0.464 e. The predicted octanol–water partition coefficient (Wildman–Crippen LogP) is 6.08. The number of furan rings is 1. The van der Waals surface area contributed by atoms with Gasteiger partial charge in [0.1, 0.15) is 5.58 Å². The van der Waals surface area contributed by atoms with Crippen LogP contribution >= 0.6 is 0 Å². The van der Waals surface area contributed by atoms with E-state index in [0.29, 0.717) is 11.5 Å². The summed E-state index contributed by atoms with van der Waals surface area (Å²) in [7, 11) is 0. The van der Waals surface area contributed by atoms with Gasteiger partial charge in [0.05, 0.1) is 11.8 Å². The van der Waals surface area contributed by atoms with E-state index in [9.17, 15) is 13.2 Å². The van der Waals surface area contributed by atoms with Crippen molar-refractivity contribution in [2.75, 3.05) is 13.1 Å². The molecule has 0 N–H and O–H groups in total. The second-order valence-electron chi connectivity index (χ2n) is 7.46. The summed E-state index contributed by atoms with van der Waals surface area (Å²) in [5.41, 5.74) is 1.95. The molecule has 2 unspecified atom stereocenters. The molecule has 2 nitrogen and oxygen atoms in total. The highest BCUT2D eigenvalue weighted by Gasteiger charge is 2.35. The van der Waals surface area contributed by atoms with Gasteiger partial charge in [0.15, 0.2) is 0 Å². The third-order valence-corrected chi connectivity index (χ3v) is 5.59. The molecule has 1 fully saturated rings. The molecular formula is C22H22F3NO. The molecule has 142 valence electrons. The molecule has 4 rings (SSSR count). The standard InChI is InChI=1S/C22H22F3NO/c1-15-13-26(14-16-5-3-2-4-6-16)11-9-17(15)18-7-8-20(22(23,24)25)19-10-12-27-21(18)19/h2-8,10,12,15,17H,9,11,13-14H2,1H3. The van der Waals surface area contributed by atoms with Gasteiger partial charge < -0.3 is 4.42 Å². The van der Waals surface area contributed by atoms with Crippen molar-refractivity contribution in [1.29, 1.82) is 0 Å². The lowest BCUT2D eigenvalue weighted by Crippen LogP contribution is -2.37. The van der Waals surface area contributed by atoms with E-state index in [1.54, 1.807) is 6.07 Å². The molecule has 0 spiro atoms. The molecule has 27 heavy (non-hydrogen) atoms. The largest absolute Gasteiger partial charge is 0.464 e. The van der Waals surface area contributed by atoms with Crippen molar-refractivity contribution in [3.63, 3.8) is 0 Å². The number of alkyl halides is 3. The second-order valence-corrected chi connectivity index (χ2v) is 7.46. The molecule has 0 amide bonds. The zero-order valence-corrected chi connectivity index (χ0v) is 15.2. The van der Waals surface area contributed by atoms with Gasteiger partial charge in [0.2, 0.25) is 0 Å². The number of rotatable bonds is 3. The predicted molar refractivity (Wildman–Crippen MR) is 99.5 cm³/mol. The maximum absolute atomic E-state index is 13.3. The molecule has 1 saturated heterocycles. The van der Waals surface area contributed by atoms with Gasteiger partial charge in [0, 0.05) is 18.5 Å². The number of hydrogen-bond acceptors (Lipinski definition) is 2. The Kier molecular flexibility index (Phi) is 4.72. The fourth-order valence-electron chi connectivity index (χ4n) is 4.30. The third kappa shape index (κ3) is 3.61. The fourth-order valence-corrected chi connectivity index (χ4v) is 4.30. The highest BCUT2D eigenvalue weighted by Crippen LogP contribution is 2.42. The molecule has 0 radical (unpaired) electrons. The highest BCUT2D eigenvalue weighted by atomic mass is 19.4. The van der Waals surface area contributed by atoms with Crippen LogP contribution in [0.5, 0.6) is 0 Å². The number of halogens is 3. The third-order valence-electron chi connectivity index (χ3n) is 5.59. The average molecular weight is 373 g/mol. The number of hydrogen-bond donors (Lipinski definition) is 0. The minimum absolute atomic E-state index is 0.166. The van der Waals surface area contributed by atoms with Crippen LogP contribution in [0, 0.1) is 5.92 Å². The minimum atomic E-state index is -4.37. The average Bonchev–Trinajstić information content (AvgIpc) is 3.11. The molecule has 2 atom stereocenters. The van der Waals surface area contributed by atoms with Crippen LogP contribution in [0.1, 0.15) is 36.0 Å². The number of piperidine rings is 1. The molecular weight excluding hydrogens is 351 g/mol. The lowest BCUT2D eigenvalue weighted by Gasteiger charge is -2.37. The molecule has 5 heteroatoms. The lowest BCUT2D eigenvalue weighted by molar-refractivity contribution is -0.136. The topological polar surface area (TPSA) is 16.4 Å². The van der Waals surface area contributed by atoms with E-state index in [2.05, 4.69) is 24.0 Å². The Morgan fingerprint density at radius 3 is 2.56 bits per heavy atom. The van der Waals surface area contributed by atoms with Gasteiger partial charge in [-0.25, -0.2) is 0 Å². The number of nitrogens with zero attached hydrogens (tertiary/aromatic N) is 1. The van der Waals surface area contributed by atoms with Gasteiger partial charge in [-0.1, -0.05) is 43.3 Å². The highest BCUT2D eigenvalue weighted by molar-refractivity contribution is 5.85. The van der Waals surface area contributed by atoms with E-state index < -0.39 is 11.7 Å². The van der Waals surface area contributed by atoms with E-state index in [1.165, 1.54) is 24.0 Å². The van der Waals surface area contributed by atoms with Crippen molar-refractivity contribution in [3.05, 3.63) is 71.5 Å². The van der Waals surface area contributed by atoms with Crippen LogP contribution in [0.4, 0.5) is 13.2 Å². The summed E-state index contributed by atoms with van der Waals surface area (Å²) in [6.45, 7) is 4.92. The zero-order valence-electron chi connectivity index (χ0n) is 15.2. The molecule has 0 saturated carbocycles. The summed E-state index contributed by atoms with van der Waals surface area (Å²) >= 11 is 0. The first kappa shape index (κ1) is 18.1. The maximum atomic E-state index is 13.3. The van der Waals surface area contributed by atoms with E-state index in [4.69, 9.17) is 4.42 Å². The molecule has 0 aliphatic carbocycles. The second kappa shape index (κ2) is 7.04. The van der Waals surface area contributed by atoms with E-state index in [0.717, 1.165) is 31.6 Å². The van der Waals surface area contributed by atoms with Crippen molar-refractivity contribution in [2.45, 2.75) is 32.0 Å². The summed E-state index contributed by atoms with van der Waals surface area (Å²) in [6, 6.07) is 14.6. The monoisotopic (exact) mass is 373 g/mol. The van der Waals surface area contributed by atoms with Gasteiger partial charge in [-0.3, -0.25) is 4.90 Å². The van der Waals surface area contributed by atoms with Crippen LogP contribution in [-0.2, 0) is 12.7 Å². The quantitative estimate of drug-likeness (QED) is 0.553. The number of benzene rings is 2. The molecule has 3 aromatic rings. The Labute approximate surface area is 156 Å². The van der Waals surface area contributed by atoms with Crippen LogP contribution in [0.3, 0.4) is 0 Å². The van der Waals surface area contributed by atoms with Gasteiger partial charge >= 0.3 is 6.18 Å². The Bertz CT molecular complexity index is 916. The Morgan fingerprint density at radius 1 is 1.07 bits per heavy atom. The fraction of sp³-hybridized carbons (Fsp3) is 0.364. The van der Waals surface area contributed by atoms with Gasteiger partial charge in [-0.2, -0.15) is 13.2 Å². The Balaban J connectivity index is 1.56. The number of likely N-dealkylation sites (tertiary alicyclic amines) is 1.